The Morgan fingerprint density at radius 2 is 1.61 bits per heavy atom. The topological polar surface area (TPSA) is 71.8 Å². The summed E-state index contributed by atoms with van der Waals surface area (Å²) in [5, 5.41) is 0.960. The van der Waals surface area contributed by atoms with Gasteiger partial charge in [-0.2, -0.15) is 13.2 Å². The molecule has 0 atom stereocenters. The molecule has 0 spiro atoms. The van der Waals surface area contributed by atoms with Gasteiger partial charge in [0.15, 0.2) is 5.16 Å². The third kappa shape index (κ3) is 5.37. The molecule has 3 aromatic rings. The van der Waals surface area contributed by atoms with Crippen molar-refractivity contribution in [1.82, 2.24) is 9.97 Å². The molecule has 4 nitrogen and oxygen atoms in total. The van der Waals surface area contributed by atoms with Gasteiger partial charge in [-0.3, -0.25) is 0 Å². The van der Waals surface area contributed by atoms with Gasteiger partial charge in [-0.1, -0.05) is 66.7 Å². The van der Waals surface area contributed by atoms with E-state index in [0.717, 1.165) is 47.6 Å². The van der Waals surface area contributed by atoms with Crippen molar-refractivity contribution in [2.24, 2.45) is 5.73 Å². The Bertz CT molecular complexity index is 944. The van der Waals surface area contributed by atoms with Crippen molar-refractivity contribution >= 4 is 18.0 Å². The molecule has 0 unspecified atom stereocenters. The van der Waals surface area contributed by atoms with Crippen LogP contribution in [0.4, 0.5) is 13.2 Å². The number of thioether (sulfide) groups is 1. The summed E-state index contributed by atoms with van der Waals surface area (Å²) in [5.74, 6) is 1.01. The average molecular weight is 448 g/mol. The highest BCUT2D eigenvalue weighted by molar-refractivity contribution is 7.99. The summed E-state index contributed by atoms with van der Waals surface area (Å²) in [7, 11) is 0. The fraction of sp³-hybridized carbons (Fsp3) is 0.304. The number of nitrogens with one attached hydrogen (secondary N) is 1. The van der Waals surface area contributed by atoms with Crippen LogP contribution in [0, 0.1) is 0 Å². The van der Waals surface area contributed by atoms with Gasteiger partial charge in [0.05, 0.1) is 12.0 Å². The van der Waals surface area contributed by atoms with Gasteiger partial charge in [0, 0.05) is 18.1 Å². The molecule has 31 heavy (non-hydrogen) atoms. The molecule has 3 N–H and O–H groups in total. The van der Waals surface area contributed by atoms with Gasteiger partial charge >= 0.3 is 6.18 Å². The van der Waals surface area contributed by atoms with Gasteiger partial charge in [-0.15, -0.1) is 0 Å². The maximum atomic E-state index is 12.3. The lowest BCUT2D eigenvalue weighted by molar-refractivity contribution is -0.118. The predicted octanol–water partition coefficient (Wildman–Crippen LogP) is 5.35. The highest BCUT2D eigenvalue weighted by Crippen LogP contribution is 2.50. The van der Waals surface area contributed by atoms with Gasteiger partial charge in [-0.05, 0) is 35.1 Å². The molecule has 1 aromatic heterocycles. The number of rotatable bonds is 7. The summed E-state index contributed by atoms with van der Waals surface area (Å²) in [4.78, 5) is 19.6. The van der Waals surface area contributed by atoms with E-state index in [9.17, 15) is 18.0 Å². The standard InChI is InChI=1S/C21H20N2OS.C2H4F3N/c24-15-21(11-5-6-14-25-20-22-12-13-23-20)18-9-3-1-7-16(18)17-8-2-4-10-19(17)21;3-2(4,5)1-6/h1-4,7-10,12-13,15H,5-6,11,14H2,(H,22,23);1,6H2. The van der Waals surface area contributed by atoms with Gasteiger partial charge in [0.1, 0.15) is 6.29 Å². The van der Waals surface area contributed by atoms with E-state index in [1.54, 1.807) is 18.0 Å². The number of fused-ring (bicyclic) bond motifs is 3. The number of aromatic nitrogens is 2. The van der Waals surface area contributed by atoms with Crippen LogP contribution in [-0.2, 0) is 10.2 Å². The molecule has 0 aliphatic heterocycles. The molecular formula is C23H24F3N3OS. The monoisotopic (exact) mass is 447 g/mol. The number of H-pyrrole nitrogens is 1. The molecule has 0 saturated carbocycles. The number of carbonyl (C=O) groups is 1. The first-order chi connectivity index (χ1) is 14.9. The molecule has 164 valence electrons. The fourth-order valence-electron chi connectivity index (χ4n) is 3.82. The van der Waals surface area contributed by atoms with Crippen molar-refractivity contribution < 1.29 is 18.0 Å². The molecule has 0 radical (unpaired) electrons. The second-order valence-electron chi connectivity index (χ2n) is 7.20. The molecule has 0 fully saturated rings. The fourth-order valence-corrected chi connectivity index (χ4v) is 4.65. The zero-order chi connectivity index (χ0) is 22.3. The van der Waals surface area contributed by atoms with Gasteiger partial charge in [-0.25, -0.2) is 4.98 Å². The van der Waals surface area contributed by atoms with E-state index >= 15 is 0 Å². The Morgan fingerprint density at radius 3 is 2.10 bits per heavy atom. The third-order valence-electron chi connectivity index (χ3n) is 5.22. The molecule has 1 aliphatic carbocycles. The quantitative estimate of drug-likeness (QED) is 0.291. The Hall–Kier alpha value is -2.58. The van der Waals surface area contributed by atoms with Gasteiger partial charge in [0.25, 0.3) is 0 Å². The second kappa shape index (κ2) is 10.2. The van der Waals surface area contributed by atoms with E-state index in [-0.39, 0.29) is 0 Å². The highest BCUT2D eigenvalue weighted by atomic mass is 32.2. The molecule has 4 rings (SSSR count). The van der Waals surface area contributed by atoms with Gasteiger partial charge in [0.2, 0.25) is 0 Å². The summed E-state index contributed by atoms with van der Waals surface area (Å²) >= 11 is 1.73. The smallest absolute Gasteiger partial charge is 0.340 e. The number of imidazole rings is 1. The number of alkyl halides is 3. The zero-order valence-electron chi connectivity index (χ0n) is 16.9. The number of benzene rings is 2. The van der Waals surface area contributed by atoms with E-state index in [0.29, 0.717) is 0 Å². The minimum atomic E-state index is -4.18. The number of unbranched alkanes of at least 4 members (excludes halogenated alkanes) is 1. The van der Waals surface area contributed by atoms with Crippen LogP contribution in [0.1, 0.15) is 30.4 Å². The molecule has 0 saturated heterocycles. The molecule has 1 aliphatic rings. The van der Waals surface area contributed by atoms with Crippen LogP contribution in [0.25, 0.3) is 11.1 Å². The first-order valence-electron chi connectivity index (χ1n) is 9.96. The minimum absolute atomic E-state index is 0.497. The lowest BCUT2D eigenvalue weighted by atomic mass is 9.75. The average Bonchev–Trinajstić information content (AvgIpc) is 3.39. The lowest BCUT2D eigenvalue weighted by Crippen LogP contribution is -2.27. The number of nitrogens with two attached hydrogens (primary N) is 1. The Balaban J connectivity index is 0.000000401. The largest absolute Gasteiger partial charge is 0.400 e. The molecule has 8 heteroatoms. The Kier molecular flexibility index (Phi) is 7.56. The van der Waals surface area contributed by atoms with Crippen LogP contribution >= 0.6 is 11.8 Å². The van der Waals surface area contributed by atoms with Crippen molar-refractivity contribution in [1.29, 1.82) is 0 Å². The summed E-state index contributed by atoms with van der Waals surface area (Å²) in [6, 6.07) is 16.7. The molecular weight excluding hydrogens is 423 g/mol. The minimum Gasteiger partial charge on any atom is -0.340 e. The first kappa shape index (κ1) is 23.1. The van der Waals surface area contributed by atoms with E-state index < -0.39 is 18.1 Å². The van der Waals surface area contributed by atoms with Crippen molar-refractivity contribution in [3.05, 3.63) is 72.1 Å². The summed E-state index contributed by atoms with van der Waals surface area (Å²) in [6.45, 7) is -1.23. The second-order valence-corrected chi connectivity index (χ2v) is 8.28. The zero-order valence-corrected chi connectivity index (χ0v) is 17.7. The van der Waals surface area contributed by atoms with Gasteiger partial charge < -0.3 is 15.5 Å². The van der Waals surface area contributed by atoms with Crippen LogP contribution in [0.3, 0.4) is 0 Å². The molecule has 0 amide bonds. The van der Waals surface area contributed by atoms with E-state index in [4.69, 9.17) is 0 Å². The maximum absolute atomic E-state index is 12.3. The highest BCUT2D eigenvalue weighted by Gasteiger charge is 2.42. The van der Waals surface area contributed by atoms with E-state index in [2.05, 4.69) is 52.1 Å². The van der Waals surface area contributed by atoms with Crippen LogP contribution < -0.4 is 5.73 Å². The Morgan fingerprint density at radius 1 is 1.03 bits per heavy atom. The number of halogens is 3. The Labute approximate surface area is 183 Å². The number of aldehydes is 1. The normalized spacial score (nSPS) is 13.7. The summed E-state index contributed by atoms with van der Waals surface area (Å²) in [5.41, 5.74) is 8.41. The van der Waals surface area contributed by atoms with Crippen LogP contribution in [0.5, 0.6) is 0 Å². The number of aromatic amines is 1. The number of carbonyl (C=O) groups excluding carboxylic acids is 1. The number of nitrogens with zero attached hydrogens (tertiary/aromatic N) is 1. The predicted molar refractivity (Wildman–Crippen MR) is 117 cm³/mol. The maximum Gasteiger partial charge on any atom is 0.400 e. The first-order valence-corrected chi connectivity index (χ1v) is 10.9. The lowest BCUT2D eigenvalue weighted by Gasteiger charge is -2.25. The van der Waals surface area contributed by atoms with Crippen molar-refractivity contribution in [3.63, 3.8) is 0 Å². The summed E-state index contributed by atoms with van der Waals surface area (Å²) in [6.07, 6.45) is 3.52. The van der Waals surface area contributed by atoms with Crippen molar-refractivity contribution in [2.45, 2.75) is 36.0 Å². The molecule has 2 aromatic carbocycles. The van der Waals surface area contributed by atoms with Crippen LogP contribution in [0.2, 0.25) is 0 Å². The van der Waals surface area contributed by atoms with Crippen LogP contribution in [-0.4, -0.2) is 34.7 Å². The molecule has 0 bridgehead atoms. The van der Waals surface area contributed by atoms with Crippen LogP contribution in [0.15, 0.2) is 66.1 Å². The third-order valence-corrected chi connectivity index (χ3v) is 6.21. The van der Waals surface area contributed by atoms with Crippen molar-refractivity contribution in [3.8, 4) is 11.1 Å². The van der Waals surface area contributed by atoms with Crippen molar-refractivity contribution in [2.75, 3.05) is 12.3 Å². The number of hydrogen-bond acceptors (Lipinski definition) is 4. The summed E-state index contributed by atoms with van der Waals surface area (Å²) < 4.78 is 32.0. The number of hydrogen-bond donors (Lipinski definition) is 2. The van der Waals surface area contributed by atoms with E-state index in [1.165, 1.54) is 11.1 Å². The molecule has 1 heterocycles. The SMILES string of the molecule is NCC(F)(F)F.O=CC1(CCCCSc2ncc[nH]2)c2ccccc2-c2ccccc21. The van der Waals surface area contributed by atoms with E-state index in [1.807, 2.05) is 18.3 Å².